The van der Waals surface area contributed by atoms with E-state index in [0.29, 0.717) is 12.1 Å². The lowest BCUT2D eigenvalue weighted by Crippen LogP contribution is -2.56. The summed E-state index contributed by atoms with van der Waals surface area (Å²) in [7, 11) is 0. The minimum atomic E-state index is 0.658. The highest BCUT2D eigenvalue weighted by Gasteiger charge is 2.26. The molecule has 2 atom stereocenters. The first-order valence-electron chi connectivity index (χ1n) is 7.34. The SMILES string of the molecule is CCCC1CN(CC)C(Cc2ccccc2)CN1. The Hall–Kier alpha value is -0.860. The van der Waals surface area contributed by atoms with Gasteiger partial charge in [0.2, 0.25) is 0 Å². The lowest BCUT2D eigenvalue weighted by Gasteiger charge is -2.40. The highest BCUT2D eigenvalue weighted by molar-refractivity contribution is 5.16. The van der Waals surface area contributed by atoms with Gasteiger partial charge in [-0.25, -0.2) is 0 Å². The van der Waals surface area contributed by atoms with Gasteiger partial charge in [0.25, 0.3) is 0 Å². The molecule has 2 heteroatoms. The van der Waals surface area contributed by atoms with E-state index in [9.17, 15) is 0 Å². The van der Waals surface area contributed by atoms with Gasteiger partial charge in [0.15, 0.2) is 0 Å². The fraction of sp³-hybridized carbons (Fsp3) is 0.625. The first-order chi connectivity index (χ1) is 8.83. The summed E-state index contributed by atoms with van der Waals surface area (Å²) in [5.74, 6) is 0. The van der Waals surface area contributed by atoms with E-state index in [1.807, 2.05) is 0 Å². The van der Waals surface area contributed by atoms with E-state index in [1.54, 1.807) is 0 Å². The second kappa shape index (κ2) is 6.91. The van der Waals surface area contributed by atoms with Crippen LogP contribution in [0.3, 0.4) is 0 Å². The second-order valence-electron chi connectivity index (χ2n) is 5.32. The first kappa shape index (κ1) is 13.6. The normalized spacial score (nSPS) is 25.2. The Balaban J connectivity index is 1.93. The summed E-state index contributed by atoms with van der Waals surface area (Å²) < 4.78 is 0. The lowest BCUT2D eigenvalue weighted by atomic mass is 9.99. The molecule has 0 amide bonds. The molecule has 2 unspecified atom stereocenters. The Morgan fingerprint density at radius 2 is 2.00 bits per heavy atom. The first-order valence-corrected chi connectivity index (χ1v) is 7.34. The molecule has 2 rings (SSSR count). The molecule has 0 radical (unpaired) electrons. The molecular formula is C16H26N2. The molecular weight excluding hydrogens is 220 g/mol. The Bertz CT molecular complexity index is 336. The molecule has 1 aromatic rings. The van der Waals surface area contributed by atoms with Crippen LogP contribution in [0.15, 0.2) is 30.3 Å². The van der Waals surface area contributed by atoms with Gasteiger partial charge in [0, 0.05) is 25.2 Å². The number of hydrogen-bond acceptors (Lipinski definition) is 2. The summed E-state index contributed by atoms with van der Waals surface area (Å²) in [6.07, 6.45) is 3.74. The largest absolute Gasteiger partial charge is 0.311 e. The van der Waals surface area contributed by atoms with E-state index in [1.165, 1.54) is 37.9 Å². The van der Waals surface area contributed by atoms with Gasteiger partial charge >= 0.3 is 0 Å². The van der Waals surface area contributed by atoms with Gasteiger partial charge in [-0.1, -0.05) is 50.6 Å². The van der Waals surface area contributed by atoms with Crippen LogP contribution < -0.4 is 5.32 Å². The van der Waals surface area contributed by atoms with Crippen molar-refractivity contribution in [3.63, 3.8) is 0 Å². The monoisotopic (exact) mass is 246 g/mol. The van der Waals surface area contributed by atoms with Crippen LogP contribution in [-0.2, 0) is 6.42 Å². The van der Waals surface area contributed by atoms with Gasteiger partial charge in [-0.05, 0) is 24.9 Å². The third-order valence-electron chi connectivity index (χ3n) is 3.97. The minimum Gasteiger partial charge on any atom is -0.311 e. The summed E-state index contributed by atoms with van der Waals surface area (Å²) in [5, 5.41) is 3.71. The predicted molar refractivity (Wildman–Crippen MR) is 77.9 cm³/mol. The fourth-order valence-electron chi connectivity index (χ4n) is 2.95. The van der Waals surface area contributed by atoms with Gasteiger partial charge in [0.05, 0.1) is 0 Å². The molecule has 0 aliphatic carbocycles. The van der Waals surface area contributed by atoms with E-state index < -0.39 is 0 Å². The number of nitrogens with zero attached hydrogens (tertiary/aromatic N) is 1. The molecule has 100 valence electrons. The van der Waals surface area contributed by atoms with Crippen molar-refractivity contribution in [3.05, 3.63) is 35.9 Å². The molecule has 1 heterocycles. The van der Waals surface area contributed by atoms with Crippen molar-refractivity contribution in [1.29, 1.82) is 0 Å². The van der Waals surface area contributed by atoms with Crippen LogP contribution in [0.4, 0.5) is 0 Å². The Kier molecular flexibility index (Phi) is 5.21. The topological polar surface area (TPSA) is 15.3 Å². The second-order valence-corrected chi connectivity index (χ2v) is 5.32. The van der Waals surface area contributed by atoms with E-state index in [0.717, 1.165) is 6.54 Å². The Morgan fingerprint density at radius 1 is 1.22 bits per heavy atom. The average molecular weight is 246 g/mol. The molecule has 0 bridgehead atoms. The zero-order valence-electron chi connectivity index (χ0n) is 11.7. The molecule has 1 aromatic carbocycles. The molecule has 1 N–H and O–H groups in total. The molecule has 0 saturated carbocycles. The van der Waals surface area contributed by atoms with Crippen molar-refractivity contribution in [2.75, 3.05) is 19.6 Å². The highest BCUT2D eigenvalue weighted by atomic mass is 15.2. The van der Waals surface area contributed by atoms with Crippen molar-refractivity contribution in [2.45, 2.75) is 45.2 Å². The third-order valence-corrected chi connectivity index (χ3v) is 3.97. The fourth-order valence-corrected chi connectivity index (χ4v) is 2.95. The molecule has 0 aromatic heterocycles. The maximum absolute atomic E-state index is 3.71. The van der Waals surface area contributed by atoms with Crippen molar-refractivity contribution in [3.8, 4) is 0 Å². The van der Waals surface area contributed by atoms with Crippen LogP contribution in [0.25, 0.3) is 0 Å². The maximum Gasteiger partial charge on any atom is 0.0261 e. The van der Waals surface area contributed by atoms with E-state index >= 15 is 0 Å². The Labute approximate surface area is 111 Å². The van der Waals surface area contributed by atoms with Gasteiger partial charge in [-0.2, -0.15) is 0 Å². The quantitative estimate of drug-likeness (QED) is 0.859. The van der Waals surface area contributed by atoms with Crippen molar-refractivity contribution < 1.29 is 0 Å². The van der Waals surface area contributed by atoms with Crippen molar-refractivity contribution >= 4 is 0 Å². The molecule has 1 aliphatic heterocycles. The van der Waals surface area contributed by atoms with Crippen LogP contribution in [0.1, 0.15) is 32.3 Å². The van der Waals surface area contributed by atoms with Crippen LogP contribution in [0.2, 0.25) is 0 Å². The maximum atomic E-state index is 3.71. The van der Waals surface area contributed by atoms with Crippen LogP contribution >= 0.6 is 0 Å². The molecule has 1 fully saturated rings. The predicted octanol–water partition coefficient (Wildman–Crippen LogP) is 2.69. The van der Waals surface area contributed by atoms with Gasteiger partial charge < -0.3 is 5.32 Å². The van der Waals surface area contributed by atoms with Crippen LogP contribution in [0, 0.1) is 0 Å². The zero-order chi connectivity index (χ0) is 12.8. The number of piperazine rings is 1. The smallest absolute Gasteiger partial charge is 0.0261 e. The summed E-state index contributed by atoms with van der Waals surface area (Å²) >= 11 is 0. The van der Waals surface area contributed by atoms with Gasteiger partial charge in [0.1, 0.15) is 0 Å². The van der Waals surface area contributed by atoms with Gasteiger partial charge in [-0.15, -0.1) is 0 Å². The highest BCUT2D eigenvalue weighted by Crippen LogP contribution is 2.14. The third kappa shape index (κ3) is 3.56. The summed E-state index contributed by atoms with van der Waals surface area (Å²) in [6.45, 7) is 8.06. The minimum absolute atomic E-state index is 0.658. The summed E-state index contributed by atoms with van der Waals surface area (Å²) in [4.78, 5) is 2.64. The van der Waals surface area contributed by atoms with Crippen molar-refractivity contribution in [2.24, 2.45) is 0 Å². The molecule has 1 saturated heterocycles. The number of hydrogen-bond donors (Lipinski definition) is 1. The summed E-state index contributed by atoms with van der Waals surface area (Å²) in [6, 6.07) is 12.2. The standard InChI is InChI=1S/C16H26N2/c1-3-8-15-13-18(4-2)16(12-17-15)11-14-9-6-5-7-10-14/h5-7,9-10,15-17H,3-4,8,11-13H2,1-2H3. The zero-order valence-corrected chi connectivity index (χ0v) is 11.7. The Morgan fingerprint density at radius 3 is 2.67 bits per heavy atom. The number of likely N-dealkylation sites (N-methyl/N-ethyl adjacent to an activating group) is 1. The van der Waals surface area contributed by atoms with E-state index in [-0.39, 0.29) is 0 Å². The number of rotatable bonds is 5. The van der Waals surface area contributed by atoms with Crippen LogP contribution in [-0.4, -0.2) is 36.6 Å². The molecule has 2 nitrogen and oxygen atoms in total. The molecule has 0 spiro atoms. The number of nitrogens with one attached hydrogen (secondary N) is 1. The molecule has 1 aliphatic rings. The number of benzene rings is 1. The van der Waals surface area contributed by atoms with Crippen LogP contribution in [0.5, 0.6) is 0 Å². The van der Waals surface area contributed by atoms with E-state index in [4.69, 9.17) is 0 Å². The lowest BCUT2D eigenvalue weighted by molar-refractivity contribution is 0.132. The van der Waals surface area contributed by atoms with Gasteiger partial charge in [-0.3, -0.25) is 4.90 Å². The average Bonchev–Trinajstić information content (AvgIpc) is 2.42. The summed E-state index contributed by atoms with van der Waals surface area (Å²) in [5.41, 5.74) is 1.46. The van der Waals surface area contributed by atoms with E-state index in [2.05, 4.69) is 54.4 Å². The molecule has 18 heavy (non-hydrogen) atoms. The van der Waals surface area contributed by atoms with Crippen molar-refractivity contribution in [1.82, 2.24) is 10.2 Å².